The first kappa shape index (κ1) is 22.1. The molecule has 3 rings (SSSR count). The number of piperidine rings is 1. The highest BCUT2D eigenvalue weighted by Gasteiger charge is 2.36. The van der Waals surface area contributed by atoms with E-state index < -0.39 is 21.6 Å². The molecule has 0 bridgehead atoms. The maximum atomic E-state index is 12.9. The van der Waals surface area contributed by atoms with Crippen LogP contribution < -0.4 is 0 Å². The third-order valence-corrected chi connectivity index (χ3v) is 7.64. The maximum Gasteiger partial charge on any atom is 0.416 e. The molecule has 0 aliphatic carbocycles. The second-order valence-corrected chi connectivity index (χ2v) is 10.1. The van der Waals surface area contributed by atoms with Crippen molar-refractivity contribution < 1.29 is 26.4 Å². The molecule has 0 saturated carbocycles. The number of benzene rings is 1. The van der Waals surface area contributed by atoms with E-state index in [9.17, 15) is 26.4 Å². The summed E-state index contributed by atoms with van der Waals surface area (Å²) in [5.74, 6) is 0.00209. The van der Waals surface area contributed by atoms with E-state index in [2.05, 4.69) is 0 Å². The zero-order valence-corrected chi connectivity index (χ0v) is 17.3. The molecule has 2 unspecified atom stereocenters. The van der Waals surface area contributed by atoms with E-state index in [0.29, 0.717) is 19.5 Å². The number of rotatable bonds is 5. The van der Waals surface area contributed by atoms with Crippen LogP contribution in [0.25, 0.3) is 0 Å². The molecule has 0 radical (unpaired) electrons. The zero-order chi connectivity index (χ0) is 21.2. The van der Waals surface area contributed by atoms with Crippen LogP contribution in [0.1, 0.15) is 49.8 Å². The van der Waals surface area contributed by atoms with Crippen molar-refractivity contribution in [3.63, 3.8) is 0 Å². The number of carbonyl (C=O) groups excluding carboxylic acids is 1. The Hall–Kier alpha value is -1.61. The highest BCUT2D eigenvalue weighted by atomic mass is 32.2. The summed E-state index contributed by atoms with van der Waals surface area (Å²) in [7, 11) is -3.09. The highest BCUT2D eigenvalue weighted by molar-refractivity contribution is 7.91. The average Bonchev–Trinajstić information content (AvgIpc) is 3.01. The standard InChI is InChI=1S/C20H27F3N2O3S/c1-2-25(17-10-12-29(27,28)14-17)19(26)13-24-11-4-3-5-18(24)15-6-8-16(9-7-15)20(21,22)23/h6-9,17-18H,2-5,10-14H2,1H3. The first-order chi connectivity index (χ1) is 13.6. The monoisotopic (exact) mass is 432 g/mol. The lowest BCUT2D eigenvalue weighted by Crippen LogP contribution is -2.47. The molecule has 9 heteroatoms. The van der Waals surface area contributed by atoms with Gasteiger partial charge in [-0.3, -0.25) is 9.69 Å². The van der Waals surface area contributed by atoms with E-state index in [1.165, 1.54) is 12.1 Å². The van der Waals surface area contributed by atoms with E-state index in [-0.39, 0.29) is 36.0 Å². The van der Waals surface area contributed by atoms with Gasteiger partial charge in [0.2, 0.25) is 5.91 Å². The molecule has 29 heavy (non-hydrogen) atoms. The van der Waals surface area contributed by atoms with Crippen molar-refractivity contribution in [2.75, 3.05) is 31.1 Å². The Balaban J connectivity index is 1.71. The number of likely N-dealkylation sites (tertiary alicyclic amines) is 1. The van der Waals surface area contributed by atoms with Crippen LogP contribution in [0.4, 0.5) is 13.2 Å². The van der Waals surface area contributed by atoms with E-state index in [1.807, 2.05) is 11.8 Å². The summed E-state index contributed by atoms with van der Waals surface area (Å²) in [6.45, 7) is 3.12. The molecule has 2 atom stereocenters. The quantitative estimate of drug-likeness (QED) is 0.717. The normalized spacial score (nSPS) is 25.1. The Kier molecular flexibility index (Phi) is 6.57. The molecule has 2 aliphatic heterocycles. The molecule has 2 saturated heterocycles. The number of nitrogens with zero attached hydrogens (tertiary/aromatic N) is 2. The largest absolute Gasteiger partial charge is 0.416 e. The molecule has 162 valence electrons. The summed E-state index contributed by atoms with van der Waals surface area (Å²) in [5, 5.41) is 0. The number of hydrogen-bond donors (Lipinski definition) is 0. The average molecular weight is 433 g/mol. The number of likely N-dealkylation sites (N-methyl/N-ethyl adjacent to an activating group) is 1. The molecule has 2 fully saturated rings. The molecule has 2 heterocycles. The summed E-state index contributed by atoms with van der Waals surface area (Å²) in [5.41, 5.74) is 0.0938. The highest BCUT2D eigenvalue weighted by Crippen LogP contribution is 2.34. The lowest BCUT2D eigenvalue weighted by atomic mass is 9.94. The molecule has 2 aliphatic rings. The lowest BCUT2D eigenvalue weighted by molar-refractivity contribution is -0.137. The molecule has 0 N–H and O–H groups in total. The Labute approximate surface area is 169 Å². The second kappa shape index (κ2) is 8.63. The van der Waals surface area contributed by atoms with Gasteiger partial charge in [-0.15, -0.1) is 0 Å². The fourth-order valence-corrected chi connectivity index (χ4v) is 6.11. The summed E-state index contributed by atoms with van der Waals surface area (Å²) in [6, 6.07) is 4.78. The van der Waals surface area contributed by atoms with Gasteiger partial charge in [-0.1, -0.05) is 18.6 Å². The van der Waals surface area contributed by atoms with Gasteiger partial charge in [-0.2, -0.15) is 13.2 Å². The first-order valence-corrected chi connectivity index (χ1v) is 11.8. The smallest absolute Gasteiger partial charge is 0.338 e. The van der Waals surface area contributed by atoms with E-state index in [1.54, 1.807) is 4.90 Å². The SMILES string of the molecule is CCN(C(=O)CN1CCCCC1c1ccc(C(F)(F)F)cc1)C1CCS(=O)(=O)C1. The van der Waals surface area contributed by atoms with Crippen molar-refractivity contribution in [3.8, 4) is 0 Å². The second-order valence-electron chi connectivity index (χ2n) is 7.84. The molecular weight excluding hydrogens is 405 g/mol. The van der Waals surface area contributed by atoms with Gasteiger partial charge in [-0.25, -0.2) is 8.42 Å². The number of hydrogen-bond acceptors (Lipinski definition) is 4. The summed E-state index contributed by atoms with van der Waals surface area (Å²) in [6.07, 6.45) is -1.25. The minimum atomic E-state index is -4.37. The van der Waals surface area contributed by atoms with Gasteiger partial charge in [0.05, 0.1) is 23.6 Å². The Morgan fingerprint density at radius 1 is 1.17 bits per heavy atom. The zero-order valence-electron chi connectivity index (χ0n) is 16.5. The number of halogens is 3. The molecule has 0 aromatic heterocycles. The van der Waals surface area contributed by atoms with Gasteiger partial charge < -0.3 is 4.90 Å². The summed E-state index contributed by atoms with van der Waals surface area (Å²) < 4.78 is 62.1. The molecule has 5 nitrogen and oxygen atoms in total. The van der Waals surface area contributed by atoms with Crippen molar-refractivity contribution in [2.45, 2.75) is 50.9 Å². The Bertz CT molecular complexity index is 824. The first-order valence-electron chi connectivity index (χ1n) is 10.0. The minimum absolute atomic E-state index is 0.00884. The van der Waals surface area contributed by atoms with Crippen LogP contribution in [0.2, 0.25) is 0 Å². The summed E-state index contributed by atoms with van der Waals surface area (Å²) >= 11 is 0. The number of amides is 1. The van der Waals surface area contributed by atoms with E-state index >= 15 is 0 Å². The fourth-order valence-electron chi connectivity index (χ4n) is 4.38. The van der Waals surface area contributed by atoms with Crippen LogP contribution in [-0.2, 0) is 20.8 Å². The molecule has 0 spiro atoms. The van der Waals surface area contributed by atoms with Gasteiger partial charge in [-0.05, 0) is 50.4 Å². The van der Waals surface area contributed by atoms with Gasteiger partial charge in [0.1, 0.15) is 0 Å². The fraction of sp³-hybridized carbons (Fsp3) is 0.650. The number of carbonyl (C=O) groups is 1. The van der Waals surface area contributed by atoms with Crippen LogP contribution in [-0.4, -0.2) is 61.3 Å². The maximum absolute atomic E-state index is 12.9. The lowest BCUT2D eigenvalue weighted by Gasteiger charge is -2.37. The van der Waals surface area contributed by atoms with Crippen molar-refractivity contribution in [3.05, 3.63) is 35.4 Å². The van der Waals surface area contributed by atoms with Gasteiger partial charge in [0, 0.05) is 18.6 Å². The van der Waals surface area contributed by atoms with Crippen LogP contribution in [0, 0.1) is 0 Å². The minimum Gasteiger partial charge on any atom is -0.338 e. The van der Waals surface area contributed by atoms with Gasteiger partial charge in [0.15, 0.2) is 9.84 Å². The van der Waals surface area contributed by atoms with E-state index in [4.69, 9.17) is 0 Å². The van der Waals surface area contributed by atoms with Crippen molar-refractivity contribution in [2.24, 2.45) is 0 Å². The third-order valence-electron chi connectivity index (χ3n) is 5.89. The van der Waals surface area contributed by atoms with Gasteiger partial charge in [0.25, 0.3) is 0 Å². The predicted octanol–water partition coefficient (Wildman–Crippen LogP) is 3.27. The molecule has 1 amide bonds. The van der Waals surface area contributed by atoms with Crippen LogP contribution in [0.3, 0.4) is 0 Å². The molecule has 1 aromatic rings. The molecular formula is C20H27F3N2O3S. The molecule has 1 aromatic carbocycles. The van der Waals surface area contributed by atoms with Crippen LogP contribution in [0.5, 0.6) is 0 Å². The van der Waals surface area contributed by atoms with Crippen molar-refractivity contribution in [1.29, 1.82) is 0 Å². The van der Waals surface area contributed by atoms with Crippen LogP contribution >= 0.6 is 0 Å². The Morgan fingerprint density at radius 2 is 1.86 bits per heavy atom. The van der Waals surface area contributed by atoms with Crippen LogP contribution in [0.15, 0.2) is 24.3 Å². The van der Waals surface area contributed by atoms with Gasteiger partial charge >= 0.3 is 6.18 Å². The Morgan fingerprint density at radius 3 is 2.41 bits per heavy atom. The summed E-state index contributed by atoms with van der Waals surface area (Å²) in [4.78, 5) is 16.6. The topological polar surface area (TPSA) is 57.7 Å². The van der Waals surface area contributed by atoms with Crippen molar-refractivity contribution >= 4 is 15.7 Å². The predicted molar refractivity (Wildman–Crippen MR) is 104 cm³/mol. The third kappa shape index (κ3) is 5.31. The number of alkyl halides is 3. The number of sulfone groups is 1. The van der Waals surface area contributed by atoms with E-state index in [0.717, 1.165) is 37.0 Å². The van der Waals surface area contributed by atoms with Crippen molar-refractivity contribution in [1.82, 2.24) is 9.80 Å².